The van der Waals surface area contributed by atoms with Gasteiger partial charge in [-0.2, -0.15) is 0 Å². The van der Waals surface area contributed by atoms with Gasteiger partial charge in [0, 0.05) is 12.4 Å². The second-order valence-electron chi connectivity index (χ2n) is 7.49. The van der Waals surface area contributed by atoms with Gasteiger partial charge in [0.25, 0.3) is 0 Å². The van der Waals surface area contributed by atoms with Crippen LogP contribution >= 0.6 is 0 Å². The Morgan fingerprint density at radius 3 is 1.29 bits per heavy atom. The smallest absolute Gasteiger partial charge is 0.131 e. The van der Waals surface area contributed by atoms with E-state index in [-0.39, 0.29) is 10.8 Å². The molecule has 0 saturated heterocycles. The summed E-state index contributed by atoms with van der Waals surface area (Å²) in [5.74, 6) is 1.64. The van der Waals surface area contributed by atoms with Crippen molar-refractivity contribution in [3.8, 4) is 0 Å². The van der Waals surface area contributed by atoms with Crippen LogP contribution in [0.4, 0.5) is 11.6 Å². The van der Waals surface area contributed by atoms with Crippen LogP contribution in [0.5, 0.6) is 0 Å². The van der Waals surface area contributed by atoms with E-state index in [9.17, 15) is 0 Å². The summed E-state index contributed by atoms with van der Waals surface area (Å²) >= 11 is 0. The van der Waals surface area contributed by atoms with E-state index in [4.69, 9.17) is 0 Å². The Morgan fingerprint density at radius 1 is 0.667 bits per heavy atom. The monoisotopic (exact) mass is 283 g/mol. The van der Waals surface area contributed by atoms with E-state index in [0.29, 0.717) is 0 Å². The highest BCUT2D eigenvalue weighted by Crippen LogP contribution is 2.24. The van der Waals surface area contributed by atoms with Gasteiger partial charge in [0.15, 0.2) is 0 Å². The average Bonchev–Trinajstić information content (AvgIpc) is 2.38. The van der Waals surface area contributed by atoms with Gasteiger partial charge >= 0.3 is 0 Å². The van der Waals surface area contributed by atoms with Gasteiger partial charge < -0.3 is 5.32 Å². The molecule has 2 rings (SSSR count). The Kier molecular flexibility index (Phi) is 4.04. The van der Waals surface area contributed by atoms with Crippen LogP contribution in [0.15, 0.2) is 36.7 Å². The van der Waals surface area contributed by atoms with Crippen molar-refractivity contribution in [3.63, 3.8) is 0 Å². The molecule has 0 spiro atoms. The van der Waals surface area contributed by atoms with Gasteiger partial charge in [-0.15, -0.1) is 0 Å². The van der Waals surface area contributed by atoms with E-state index in [1.54, 1.807) is 0 Å². The molecule has 0 amide bonds. The second-order valence-corrected chi connectivity index (χ2v) is 7.49. The molecule has 0 aromatic carbocycles. The Balaban J connectivity index is 2.12. The first-order chi connectivity index (χ1) is 9.66. The number of nitrogens with zero attached hydrogens (tertiary/aromatic N) is 2. The zero-order chi connectivity index (χ0) is 15.7. The second kappa shape index (κ2) is 5.47. The lowest BCUT2D eigenvalue weighted by molar-refractivity contribution is 0.587. The third kappa shape index (κ3) is 4.03. The maximum Gasteiger partial charge on any atom is 0.131 e. The molecule has 0 aliphatic rings. The highest BCUT2D eigenvalue weighted by molar-refractivity contribution is 5.52. The number of anilines is 2. The van der Waals surface area contributed by atoms with Crippen LogP contribution in [0.3, 0.4) is 0 Å². The van der Waals surface area contributed by atoms with Crippen LogP contribution in [-0.2, 0) is 10.8 Å². The van der Waals surface area contributed by atoms with Crippen molar-refractivity contribution < 1.29 is 0 Å². The van der Waals surface area contributed by atoms with E-state index in [1.165, 1.54) is 11.1 Å². The molecule has 0 atom stereocenters. The highest BCUT2D eigenvalue weighted by atomic mass is 15.0. The summed E-state index contributed by atoms with van der Waals surface area (Å²) in [6.07, 6.45) is 3.84. The molecule has 21 heavy (non-hydrogen) atoms. The maximum atomic E-state index is 4.46. The summed E-state index contributed by atoms with van der Waals surface area (Å²) in [5.41, 5.74) is 2.70. The van der Waals surface area contributed by atoms with Gasteiger partial charge in [0.2, 0.25) is 0 Å². The number of hydrogen-bond acceptors (Lipinski definition) is 3. The Labute approximate surface area is 127 Å². The van der Waals surface area contributed by atoms with Crippen molar-refractivity contribution in [2.24, 2.45) is 0 Å². The van der Waals surface area contributed by atoms with E-state index < -0.39 is 0 Å². The van der Waals surface area contributed by atoms with Crippen molar-refractivity contribution in [2.75, 3.05) is 5.32 Å². The van der Waals surface area contributed by atoms with E-state index >= 15 is 0 Å². The third-order valence-corrected chi connectivity index (χ3v) is 3.52. The van der Waals surface area contributed by atoms with Crippen LogP contribution in [0, 0.1) is 0 Å². The number of pyridine rings is 2. The molecule has 2 aromatic heterocycles. The first-order valence-corrected chi connectivity index (χ1v) is 7.36. The SMILES string of the molecule is CC(C)(C)c1ccc(Nc2ccc(C(C)(C)C)cn2)nc1. The summed E-state index contributed by atoms with van der Waals surface area (Å²) in [7, 11) is 0. The molecule has 112 valence electrons. The first-order valence-electron chi connectivity index (χ1n) is 7.36. The van der Waals surface area contributed by atoms with Crippen molar-refractivity contribution in [1.29, 1.82) is 0 Å². The van der Waals surface area contributed by atoms with Crippen molar-refractivity contribution in [2.45, 2.75) is 52.4 Å². The molecule has 0 aliphatic carbocycles. The number of hydrogen-bond donors (Lipinski definition) is 1. The quantitative estimate of drug-likeness (QED) is 0.859. The zero-order valence-corrected chi connectivity index (χ0v) is 13.9. The predicted octanol–water partition coefficient (Wildman–Crippen LogP) is 4.82. The average molecular weight is 283 g/mol. The Bertz CT molecular complexity index is 529. The standard InChI is InChI=1S/C18H25N3/c1-17(2,3)13-7-9-15(19-11-13)21-16-10-8-14(12-20-16)18(4,5)6/h7-12H,1-6H3,(H,19,20,21). The summed E-state index contributed by atoms with van der Waals surface area (Å²) in [6, 6.07) is 8.22. The number of rotatable bonds is 2. The Morgan fingerprint density at radius 2 is 1.05 bits per heavy atom. The van der Waals surface area contributed by atoms with Crippen LogP contribution in [0.25, 0.3) is 0 Å². The summed E-state index contributed by atoms with van der Waals surface area (Å²) in [6.45, 7) is 13.1. The minimum absolute atomic E-state index is 0.123. The van der Waals surface area contributed by atoms with Crippen molar-refractivity contribution >= 4 is 11.6 Å². The van der Waals surface area contributed by atoms with E-state index in [1.807, 2.05) is 24.5 Å². The molecule has 0 aliphatic heterocycles. The molecule has 1 N–H and O–H groups in total. The first kappa shape index (κ1) is 15.5. The molecule has 3 nitrogen and oxygen atoms in total. The van der Waals surface area contributed by atoms with Crippen LogP contribution in [-0.4, -0.2) is 9.97 Å². The lowest BCUT2D eigenvalue weighted by Gasteiger charge is -2.19. The molecule has 0 fully saturated rings. The summed E-state index contributed by atoms with van der Waals surface area (Å²) in [4.78, 5) is 8.92. The van der Waals surface area contributed by atoms with Crippen molar-refractivity contribution in [3.05, 3.63) is 47.8 Å². The molecule has 0 radical (unpaired) electrons. The molecule has 2 aromatic rings. The van der Waals surface area contributed by atoms with Gasteiger partial charge in [-0.25, -0.2) is 9.97 Å². The topological polar surface area (TPSA) is 37.8 Å². The zero-order valence-electron chi connectivity index (χ0n) is 13.9. The lowest BCUT2D eigenvalue weighted by Crippen LogP contribution is -2.12. The van der Waals surface area contributed by atoms with Gasteiger partial charge in [-0.1, -0.05) is 53.7 Å². The van der Waals surface area contributed by atoms with Crippen LogP contribution in [0.1, 0.15) is 52.7 Å². The summed E-state index contributed by atoms with van der Waals surface area (Å²) in [5, 5.41) is 3.24. The molecule has 3 heteroatoms. The fraction of sp³-hybridized carbons (Fsp3) is 0.444. The normalized spacial score (nSPS) is 12.3. The fourth-order valence-corrected chi connectivity index (χ4v) is 1.95. The molecule has 0 bridgehead atoms. The molecule has 2 heterocycles. The highest BCUT2D eigenvalue weighted by Gasteiger charge is 2.15. The maximum absolute atomic E-state index is 4.46. The van der Waals surface area contributed by atoms with E-state index in [2.05, 4.69) is 69.0 Å². The Hall–Kier alpha value is -1.90. The van der Waals surface area contributed by atoms with Gasteiger partial charge in [-0.05, 0) is 34.1 Å². The van der Waals surface area contributed by atoms with Crippen LogP contribution < -0.4 is 5.32 Å². The minimum Gasteiger partial charge on any atom is -0.325 e. The molecule has 0 saturated carbocycles. The van der Waals surface area contributed by atoms with Crippen molar-refractivity contribution in [1.82, 2.24) is 9.97 Å². The largest absolute Gasteiger partial charge is 0.325 e. The van der Waals surface area contributed by atoms with Gasteiger partial charge in [-0.3, -0.25) is 0 Å². The minimum atomic E-state index is 0.123. The molecule has 0 unspecified atom stereocenters. The van der Waals surface area contributed by atoms with E-state index in [0.717, 1.165) is 11.6 Å². The number of aromatic nitrogens is 2. The fourth-order valence-electron chi connectivity index (χ4n) is 1.95. The van der Waals surface area contributed by atoms with Gasteiger partial charge in [0.1, 0.15) is 11.6 Å². The van der Waals surface area contributed by atoms with Crippen LogP contribution in [0.2, 0.25) is 0 Å². The predicted molar refractivity (Wildman–Crippen MR) is 89.2 cm³/mol. The lowest BCUT2D eigenvalue weighted by atomic mass is 9.88. The number of nitrogens with one attached hydrogen (secondary N) is 1. The molecular formula is C18H25N3. The van der Waals surface area contributed by atoms with Gasteiger partial charge in [0.05, 0.1) is 0 Å². The molecular weight excluding hydrogens is 258 g/mol. The third-order valence-electron chi connectivity index (χ3n) is 3.52. The summed E-state index contributed by atoms with van der Waals surface area (Å²) < 4.78 is 0.